The summed E-state index contributed by atoms with van der Waals surface area (Å²) in [6, 6.07) is 5.18. The minimum absolute atomic E-state index is 0.00146. The molecule has 112 valence electrons. The molecule has 20 heavy (non-hydrogen) atoms. The Hall–Kier alpha value is -1.35. The molecule has 1 atom stereocenters. The fourth-order valence-electron chi connectivity index (χ4n) is 1.31. The van der Waals surface area contributed by atoms with Crippen molar-refractivity contribution >= 4 is 27.0 Å². The van der Waals surface area contributed by atoms with E-state index in [1.54, 1.807) is 0 Å². The van der Waals surface area contributed by atoms with Crippen molar-refractivity contribution in [2.45, 2.75) is 11.1 Å². The molecule has 1 aromatic rings. The molecular formula is C11H12F3NO3S2. The van der Waals surface area contributed by atoms with Crippen LogP contribution in [0.4, 0.5) is 13.2 Å². The molecule has 1 aromatic carbocycles. The smallest absolute Gasteiger partial charge is 0.401 e. The molecule has 0 saturated heterocycles. The normalized spacial score (nSPS) is 13.8. The molecule has 1 rings (SSSR count). The summed E-state index contributed by atoms with van der Waals surface area (Å²) in [5, 5.41) is 0. The second-order valence-electron chi connectivity index (χ2n) is 4.05. The molecule has 0 aromatic heterocycles. The van der Waals surface area contributed by atoms with Crippen LogP contribution in [-0.2, 0) is 9.84 Å². The third-order valence-electron chi connectivity index (χ3n) is 2.39. The molecule has 2 N–H and O–H groups in total. The lowest BCUT2D eigenvalue weighted by molar-refractivity contribution is -0.161. The molecule has 0 bridgehead atoms. The van der Waals surface area contributed by atoms with Gasteiger partial charge in [-0.2, -0.15) is 13.2 Å². The van der Waals surface area contributed by atoms with Crippen molar-refractivity contribution in [3.8, 4) is 5.75 Å². The monoisotopic (exact) mass is 327 g/mol. The van der Waals surface area contributed by atoms with Crippen LogP contribution in [0.3, 0.4) is 0 Å². The Bertz CT molecular complexity index is 599. The second-order valence-corrected chi connectivity index (χ2v) is 6.54. The van der Waals surface area contributed by atoms with E-state index in [0.717, 1.165) is 12.3 Å². The minimum Gasteiger partial charge on any atom is -0.492 e. The number of rotatable bonds is 5. The van der Waals surface area contributed by atoms with E-state index in [-0.39, 0.29) is 10.6 Å². The zero-order chi connectivity index (χ0) is 15.6. The van der Waals surface area contributed by atoms with E-state index in [0.29, 0.717) is 0 Å². The first kappa shape index (κ1) is 16.7. The molecule has 1 unspecified atom stereocenters. The molecule has 0 spiro atoms. The van der Waals surface area contributed by atoms with Gasteiger partial charge >= 0.3 is 6.18 Å². The van der Waals surface area contributed by atoms with E-state index in [1.807, 2.05) is 0 Å². The van der Waals surface area contributed by atoms with Crippen molar-refractivity contribution in [3.63, 3.8) is 0 Å². The third kappa shape index (κ3) is 4.64. The summed E-state index contributed by atoms with van der Waals surface area (Å²) in [6.45, 7) is -0.800. The van der Waals surface area contributed by atoms with Crippen LogP contribution in [0.15, 0.2) is 29.2 Å². The maximum atomic E-state index is 12.6. The van der Waals surface area contributed by atoms with Crippen LogP contribution >= 0.6 is 12.2 Å². The number of nitrogens with two attached hydrogens (primary N) is 1. The standard InChI is InChI=1S/C11H12F3NO3S2/c1-20(16,17)8-4-2-3-7(5-8)18-6-9(10(15)19)11(12,13)14/h2-5,9H,6H2,1H3,(H2,15,19). The number of hydrogen-bond donors (Lipinski definition) is 1. The Labute approximate surface area is 119 Å². The second kappa shape index (κ2) is 5.96. The first-order valence-electron chi connectivity index (χ1n) is 5.31. The Kier molecular flexibility index (Phi) is 4.98. The van der Waals surface area contributed by atoms with Crippen molar-refractivity contribution in [3.05, 3.63) is 24.3 Å². The lowest BCUT2D eigenvalue weighted by Gasteiger charge is -2.19. The highest BCUT2D eigenvalue weighted by Crippen LogP contribution is 2.27. The molecule has 4 nitrogen and oxygen atoms in total. The summed E-state index contributed by atoms with van der Waals surface area (Å²) in [6.07, 6.45) is -3.63. The summed E-state index contributed by atoms with van der Waals surface area (Å²) >= 11 is 4.35. The molecule has 0 aliphatic carbocycles. The maximum absolute atomic E-state index is 12.6. The van der Waals surface area contributed by atoms with Gasteiger partial charge in [0.15, 0.2) is 9.84 Å². The number of benzene rings is 1. The summed E-state index contributed by atoms with van der Waals surface area (Å²) < 4.78 is 65.4. The predicted octanol–water partition coefficient (Wildman–Crippen LogP) is 1.93. The average molecular weight is 327 g/mol. The number of sulfone groups is 1. The van der Waals surface area contributed by atoms with Crippen LogP contribution in [0.1, 0.15) is 0 Å². The Balaban J connectivity index is 2.87. The van der Waals surface area contributed by atoms with Gasteiger partial charge in [0.05, 0.1) is 9.88 Å². The maximum Gasteiger partial charge on any atom is 0.401 e. The first-order valence-corrected chi connectivity index (χ1v) is 7.60. The van der Waals surface area contributed by atoms with E-state index in [1.165, 1.54) is 18.2 Å². The van der Waals surface area contributed by atoms with Gasteiger partial charge in [0.25, 0.3) is 0 Å². The zero-order valence-corrected chi connectivity index (χ0v) is 12.0. The number of thiocarbonyl (C=S) groups is 1. The molecule has 0 radical (unpaired) electrons. The molecule has 9 heteroatoms. The van der Waals surface area contributed by atoms with Crippen molar-refractivity contribution in [2.75, 3.05) is 12.9 Å². The number of hydrogen-bond acceptors (Lipinski definition) is 4. The molecule has 0 saturated carbocycles. The molecule has 0 amide bonds. The van der Waals surface area contributed by atoms with Gasteiger partial charge in [0, 0.05) is 6.26 Å². The lowest BCUT2D eigenvalue weighted by atomic mass is 10.1. The van der Waals surface area contributed by atoms with Crippen LogP contribution in [0.5, 0.6) is 5.75 Å². The van der Waals surface area contributed by atoms with Crippen LogP contribution in [0, 0.1) is 5.92 Å². The van der Waals surface area contributed by atoms with Crippen LogP contribution < -0.4 is 10.5 Å². The highest BCUT2D eigenvalue weighted by atomic mass is 32.2. The van der Waals surface area contributed by atoms with Gasteiger partial charge in [-0.25, -0.2) is 8.42 Å². The van der Waals surface area contributed by atoms with E-state index in [2.05, 4.69) is 12.2 Å². The van der Waals surface area contributed by atoms with Crippen molar-refractivity contribution in [2.24, 2.45) is 11.7 Å². The van der Waals surface area contributed by atoms with Crippen molar-refractivity contribution < 1.29 is 26.3 Å². The Morgan fingerprint density at radius 1 is 1.45 bits per heavy atom. The highest BCUT2D eigenvalue weighted by molar-refractivity contribution is 7.90. The van der Waals surface area contributed by atoms with E-state index >= 15 is 0 Å². The van der Waals surface area contributed by atoms with Crippen LogP contribution in [0.25, 0.3) is 0 Å². The third-order valence-corrected chi connectivity index (χ3v) is 3.78. The SMILES string of the molecule is CS(=O)(=O)c1cccc(OCC(C(N)=S)C(F)(F)F)c1. The molecule has 0 aliphatic rings. The van der Waals surface area contributed by atoms with Gasteiger partial charge in [0.2, 0.25) is 0 Å². The van der Waals surface area contributed by atoms with Gasteiger partial charge in [-0.3, -0.25) is 0 Å². The zero-order valence-electron chi connectivity index (χ0n) is 10.3. The predicted molar refractivity (Wildman–Crippen MR) is 71.4 cm³/mol. The minimum atomic E-state index is -4.61. The largest absolute Gasteiger partial charge is 0.492 e. The number of alkyl halides is 3. The van der Waals surface area contributed by atoms with E-state index in [9.17, 15) is 21.6 Å². The van der Waals surface area contributed by atoms with Crippen LogP contribution in [0.2, 0.25) is 0 Å². The van der Waals surface area contributed by atoms with Crippen molar-refractivity contribution in [1.29, 1.82) is 0 Å². The molecular weight excluding hydrogens is 315 g/mol. The van der Waals surface area contributed by atoms with Crippen LogP contribution in [-0.4, -0.2) is 32.4 Å². The molecule has 0 fully saturated rings. The average Bonchev–Trinajstić information content (AvgIpc) is 2.26. The van der Waals surface area contributed by atoms with Gasteiger partial charge in [0.1, 0.15) is 18.3 Å². The van der Waals surface area contributed by atoms with Gasteiger partial charge in [-0.05, 0) is 18.2 Å². The first-order chi connectivity index (χ1) is 9.01. The lowest BCUT2D eigenvalue weighted by Crippen LogP contribution is -2.38. The highest BCUT2D eigenvalue weighted by Gasteiger charge is 2.42. The summed E-state index contributed by atoms with van der Waals surface area (Å²) in [7, 11) is -3.46. The van der Waals surface area contributed by atoms with E-state index in [4.69, 9.17) is 10.5 Å². The fraction of sp³-hybridized carbons (Fsp3) is 0.364. The van der Waals surface area contributed by atoms with E-state index < -0.39 is 33.5 Å². The number of halogens is 3. The van der Waals surface area contributed by atoms with Crippen molar-refractivity contribution in [1.82, 2.24) is 0 Å². The summed E-state index contributed by atoms with van der Waals surface area (Å²) in [5.74, 6) is -2.09. The van der Waals surface area contributed by atoms with Gasteiger partial charge in [-0.15, -0.1) is 0 Å². The topological polar surface area (TPSA) is 69.4 Å². The Morgan fingerprint density at radius 3 is 2.50 bits per heavy atom. The van der Waals surface area contributed by atoms with Gasteiger partial charge in [-0.1, -0.05) is 18.3 Å². The Morgan fingerprint density at radius 2 is 2.05 bits per heavy atom. The summed E-state index contributed by atoms with van der Waals surface area (Å²) in [4.78, 5) is -0.773. The quantitative estimate of drug-likeness (QED) is 0.837. The molecule has 0 aliphatic heterocycles. The summed E-state index contributed by atoms with van der Waals surface area (Å²) in [5.41, 5.74) is 5.02. The number of ether oxygens (including phenoxy) is 1. The van der Waals surface area contributed by atoms with Gasteiger partial charge < -0.3 is 10.5 Å². The molecule has 0 heterocycles. The fourth-order valence-corrected chi connectivity index (χ4v) is 2.17.